The zero-order chi connectivity index (χ0) is 10.9. The number of hydrogen-bond acceptors (Lipinski definition) is 5. The van der Waals surface area contributed by atoms with Crippen LogP contribution in [0.4, 0.5) is 0 Å². The lowest BCUT2D eigenvalue weighted by Gasteiger charge is -2.40. The van der Waals surface area contributed by atoms with E-state index in [1.54, 1.807) is 6.92 Å². The van der Waals surface area contributed by atoms with Gasteiger partial charge in [-0.05, 0) is 6.92 Å². The van der Waals surface area contributed by atoms with Crippen LogP contribution in [-0.4, -0.2) is 49.1 Å². The van der Waals surface area contributed by atoms with E-state index < -0.39 is 17.5 Å². The zero-order valence-electron chi connectivity index (χ0n) is 8.52. The van der Waals surface area contributed by atoms with Gasteiger partial charge in [0.15, 0.2) is 5.79 Å². The molecule has 0 amide bonds. The Kier molecular flexibility index (Phi) is 2.68. The molecule has 2 saturated heterocycles. The minimum atomic E-state index is -1.08. The summed E-state index contributed by atoms with van der Waals surface area (Å²) in [6, 6.07) is 0. The van der Waals surface area contributed by atoms with E-state index in [1.165, 1.54) is 0 Å². The van der Waals surface area contributed by atoms with Gasteiger partial charge in [-0.25, -0.2) is 0 Å². The van der Waals surface area contributed by atoms with Crippen molar-refractivity contribution in [1.29, 1.82) is 0 Å². The summed E-state index contributed by atoms with van der Waals surface area (Å²) in [6.45, 7) is 3.04. The molecule has 86 valence electrons. The van der Waals surface area contributed by atoms with Gasteiger partial charge in [0.2, 0.25) is 5.79 Å². The fraction of sp³-hybridized carbons (Fsp3) is 0.889. The highest BCUT2D eigenvalue weighted by Gasteiger charge is 2.47. The van der Waals surface area contributed by atoms with Gasteiger partial charge in [0, 0.05) is 0 Å². The molecule has 1 N–H and O–H groups in total. The van der Waals surface area contributed by atoms with Crippen molar-refractivity contribution >= 4 is 5.97 Å². The molecule has 0 radical (unpaired) electrons. The largest absolute Gasteiger partial charge is 0.481 e. The maximum Gasteiger partial charge on any atom is 0.308 e. The van der Waals surface area contributed by atoms with Crippen LogP contribution in [0.3, 0.4) is 0 Å². The molecule has 2 aliphatic heterocycles. The molecule has 2 rings (SSSR count). The summed E-state index contributed by atoms with van der Waals surface area (Å²) in [7, 11) is 0. The summed E-state index contributed by atoms with van der Waals surface area (Å²) in [4.78, 5) is 10.6. The number of aliphatic carboxylic acids is 1. The smallest absolute Gasteiger partial charge is 0.308 e. The summed E-state index contributed by atoms with van der Waals surface area (Å²) < 4.78 is 21.4. The van der Waals surface area contributed by atoms with E-state index in [9.17, 15) is 4.79 Å². The topological polar surface area (TPSA) is 74.2 Å². The Hall–Kier alpha value is -0.690. The molecule has 0 unspecified atom stereocenters. The standard InChI is InChI=1S/C9H14O6/c1-8(4-7(10)11)14-5-9(6-15-8)12-2-3-13-9/h2-6H2,1H3,(H,10,11). The van der Waals surface area contributed by atoms with Crippen LogP contribution in [0.25, 0.3) is 0 Å². The van der Waals surface area contributed by atoms with E-state index in [-0.39, 0.29) is 19.6 Å². The third-order valence-electron chi connectivity index (χ3n) is 2.48. The summed E-state index contributed by atoms with van der Waals surface area (Å²) in [5, 5.41) is 8.67. The second-order valence-corrected chi connectivity index (χ2v) is 3.89. The van der Waals surface area contributed by atoms with Gasteiger partial charge in [0.25, 0.3) is 0 Å². The van der Waals surface area contributed by atoms with E-state index >= 15 is 0 Å². The molecule has 2 heterocycles. The first-order chi connectivity index (χ1) is 7.04. The Balaban J connectivity index is 1.93. The number of rotatable bonds is 2. The molecular formula is C9H14O6. The maximum absolute atomic E-state index is 10.6. The van der Waals surface area contributed by atoms with Gasteiger partial charge < -0.3 is 24.1 Å². The number of carboxylic acid groups (broad SMARTS) is 1. The van der Waals surface area contributed by atoms with Crippen LogP contribution < -0.4 is 0 Å². The average molecular weight is 218 g/mol. The molecule has 0 aromatic carbocycles. The van der Waals surface area contributed by atoms with Crippen molar-refractivity contribution < 1.29 is 28.8 Å². The van der Waals surface area contributed by atoms with Crippen LogP contribution in [0.5, 0.6) is 0 Å². The lowest BCUT2D eigenvalue weighted by atomic mass is 10.2. The molecule has 0 aromatic rings. The van der Waals surface area contributed by atoms with Gasteiger partial charge in [0.1, 0.15) is 13.2 Å². The molecule has 0 aliphatic carbocycles. The van der Waals surface area contributed by atoms with Gasteiger partial charge in [0.05, 0.1) is 19.6 Å². The van der Waals surface area contributed by atoms with E-state index in [4.69, 9.17) is 24.1 Å². The monoisotopic (exact) mass is 218 g/mol. The molecule has 6 heteroatoms. The van der Waals surface area contributed by atoms with Crippen molar-refractivity contribution in [3.8, 4) is 0 Å². The minimum Gasteiger partial charge on any atom is -0.481 e. The molecule has 0 atom stereocenters. The first-order valence-corrected chi connectivity index (χ1v) is 4.81. The third-order valence-corrected chi connectivity index (χ3v) is 2.48. The lowest BCUT2D eigenvalue weighted by molar-refractivity contribution is -0.355. The SMILES string of the molecule is CC1(CC(=O)O)OCC2(CO1)OCCO2. The van der Waals surface area contributed by atoms with Gasteiger partial charge >= 0.3 is 5.97 Å². The zero-order valence-corrected chi connectivity index (χ0v) is 8.52. The van der Waals surface area contributed by atoms with Crippen molar-refractivity contribution in [3.63, 3.8) is 0 Å². The van der Waals surface area contributed by atoms with Gasteiger partial charge in [-0.2, -0.15) is 0 Å². The lowest BCUT2D eigenvalue weighted by Crippen LogP contribution is -2.53. The van der Waals surface area contributed by atoms with Crippen LogP contribution in [0.15, 0.2) is 0 Å². The Labute approximate surface area is 87.1 Å². The molecular weight excluding hydrogens is 204 g/mol. The Morgan fingerprint density at radius 1 is 1.20 bits per heavy atom. The van der Waals surface area contributed by atoms with Crippen molar-refractivity contribution in [2.75, 3.05) is 26.4 Å². The van der Waals surface area contributed by atoms with E-state index in [2.05, 4.69) is 0 Å². The molecule has 6 nitrogen and oxygen atoms in total. The van der Waals surface area contributed by atoms with Gasteiger partial charge in [-0.1, -0.05) is 0 Å². The predicted molar refractivity (Wildman–Crippen MR) is 47.2 cm³/mol. The van der Waals surface area contributed by atoms with Gasteiger partial charge in [-0.3, -0.25) is 4.79 Å². The highest BCUT2D eigenvalue weighted by Crippen LogP contribution is 2.31. The van der Waals surface area contributed by atoms with Crippen LogP contribution in [0.1, 0.15) is 13.3 Å². The molecule has 0 aromatic heterocycles. The van der Waals surface area contributed by atoms with Crippen LogP contribution in [0, 0.1) is 0 Å². The first kappa shape index (κ1) is 10.8. The van der Waals surface area contributed by atoms with Crippen molar-refractivity contribution in [2.45, 2.75) is 24.9 Å². The average Bonchev–Trinajstić information content (AvgIpc) is 2.59. The van der Waals surface area contributed by atoms with Crippen LogP contribution >= 0.6 is 0 Å². The fourth-order valence-electron chi connectivity index (χ4n) is 1.65. The normalized spacial score (nSPS) is 28.1. The van der Waals surface area contributed by atoms with Gasteiger partial charge in [-0.15, -0.1) is 0 Å². The van der Waals surface area contributed by atoms with Crippen LogP contribution in [-0.2, 0) is 23.7 Å². The number of hydrogen-bond donors (Lipinski definition) is 1. The van der Waals surface area contributed by atoms with E-state index in [1.807, 2.05) is 0 Å². The molecule has 15 heavy (non-hydrogen) atoms. The van der Waals surface area contributed by atoms with Crippen LogP contribution in [0.2, 0.25) is 0 Å². The summed E-state index contributed by atoms with van der Waals surface area (Å²) >= 11 is 0. The second-order valence-electron chi connectivity index (χ2n) is 3.89. The first-order valence-electron chi connectivity index (χ1n) is 4.81. The Morgan fingerprint density at radius 2 is 1.73 bits per heavy atom. The highest BCUT2D eigenvalue weighted by molar-refractivity contribution is 5.67. The molecule has 0 saturated carbocycles. The second kappa shape index (κ2) is 3.71. The third kappa shape index (κ3) is 2.28. The van der Waals surface area contributed by atoms with E-state index in [0.29, 0.717) is 13.2 Å². The molecule has 1 spiro atoms. The van der Waals surface area contributed by atoms with Crippen molar-refractivity contribution in [2.24, 2.45) is 0 Å². The quantitative estimate of drug-likeness (QED) is 0.701. The Bertz CT molecular complexity index is 247. The predicted octanol–water partition coefficient (Wildman–Crippen LogP) is -0.0328. The Morgan fingerprint density at radius 3 is 2.20 bits per heavy atom. The number of carboxylic acids is 1. The van der Waals surface area contributed by atoms with Crippen molar-refractivity contribution in [1.82, 2.24) is 0 Å². The summed E-state index contributed by atoms with van der Waals surface area (Å²) in [5.74, 6) is -2.86. The molecule has 2 aliphatic rings. The highest BCUT2D eigenvalue weighted by atomic mass is 16.8. The number of carbonyl (C=O) groups is 1. The molecule has 0 bridgehead atoms. The summed E-state index contributed by atoms with van der Waals surface area (Å²) in [6.07, 6.45) is -0.191. The van der Waals surface area contributed by atoms with E-state index in [0.717, 1.165) is 0 Å². The minimum absolute atomic E-state index is 0.191. The fourth-order valence-corrected chi connectivity index (χ4v) is 1.65. The van der Waals surface area contributed by atoms with Crippen molar-refractivity contribution in [3.05, 3.63) is 0 Å². The summed E-state index contributed by atoms with van der Waals surface area (Å²) in [5.41, 5.74) is 0. The maximum atomic E-state index is 10.6. The number of ether oxygens (including phenoxy) is 4. The molecule has 2 fully saturated rings.